The predicted octanol–water partition coefficient (Wildman–Crippen LogP) is 4.66. The third-order valence-corrected chi connectivity index (χ3v) is 3.66. The Morgan fingerprint density at radius 1 is 1.16 bits per heavy atom. The van der Waals surface area contributed by atoms with Gasteiger partial charge in [0.15, 0.2) is 0 Å². The standard InChI is InChI=1S/C14H10BrClF2O/c15-12-7-10(17)2-3-11(12)14(19)6-8-5-9(16)1-4-13(8)18/h1-5,7,14,19H,6H2. The van der Waals surface area contributed by atoms with Gasteiger partial charge < -0.3 is 5.11 Å². The summed E-state index contributed by atoms with van der Waals surface area (Å²) >= 11 is 8.97. The van der Waals surface area contributed by atoms with Gasteiger partial charge in [0.05, 0.1) is 6.10 Å². The molecule has 0 bridgehead atoms. The van der Waals surface area contributed by atoms with Crippen LogP contribution in [0.15, 0.2) is 40.9 Å². The first-order valence-electron chi connectivity index (χ1n) is 5.54. The van der Waals surface area contributed by atoms with E-state index in [1.54, 1.807) is 0 Å². The van der Waals surface area contributed by atoms with Crippen molar-refractivity contribution < 1.29 is 13.9 Å². The summed E-state index contributed by atoms with van der Waals surface area (Å²) in [6, 6.07) is 8.14. The minimum atomic E-state index is -0.942. The fourth-order valence-corrected chi connectivity index (χ4v) is 2.60. The maximum Gasteiger partial charge on any atom is 0.126 e. The first-order valence-corrected chi connectivity index (χ1v) is 6.71. The third kappa shape index (κ3) is 3.53. The molecular formula is C14H10BrClF2O. The molecule has 0 aliphatic heterocycles. The van der Waals surface area contributed by atoms with Crippen LogP contribution in [0.2, 0.25) is 5.02 Å². The Labute approximate surface area is 123 Å². The summed E-state index contributed by atoms with van der Waals surface area (Å²) in [5, 5.41) is 10.5. The number of aliphatic hydroxyl groups excluding tert-OH is 1. The van der Waals surface area contributed by atoms with E-state index in [2.05, 4.69) is 15.9 Å². The number of aliphatic hydroxyl groups is 1. The lowest BCUT2D eigenvalue weighted by Crippen LogP contribution is -2.04. The van der Waals surface area contributed by atoms with Crippen LogP contribution in [0.25, 0.3) is 0 Å². The summed E-state index contributed by atoms with van der Waals surface area (Å²) < 4.78 is 27.0. The molecule has 0 aromatic heterocycles. The highest BCUT2D eigenvalue weighted by Crippen LogP contribution is 2.28. The molecule has 0 saturated carbocycles. The fraction of sp³-hybridized carbons (Fsp3) is 0.143. The number of hydrogen-bond acceptors (Lipinski definition) is 1. The smallest absolute Gasteiger partial charge is 0.126 e. The van der Waals surface area contributed by atoms with E-state index in [0.717, 1.165) is 0 Å². The van der Waals surface area contributed by atoms with Crippen molar-refractivity contribution in [2.45, 2.75) is 12.5 Å². The van der Waals surface area contributed by atoms with Crippen molar-refractivity contribution in [1.82, 2.24) is 0 Å². The molecule has 0 fully saturated rings. The Balaban J connectivity index is 2.25. The molecule has 100 valence electrons. The van der Waals surface area contributed by atoms with Gasteiger partial charge in [0.25, 0.3) is 0 Å². The van der Waals surface area contributed by atoms with Crippen molar-refractivity contribution in [2.24, 2.45) is 0 Å². The molecule has 19 heavy (non-hydrogen) atoms. The van der Waals surface area contributed by atoms with Crippen LogP contribution >= 0.6 is 27.5 Å². The highest BCUT2D eigenvalue weighted by atomic mass is 79.9. The molecule has 1 nitrogen and oxygen atoms in total. The Kier molecular flexibility index (Phi) is 4.55. The topological polar surface area (TPSA) is 20.2 Å². The van der Waals surface area contributed by atoms with Crippen molar-refractivity contribution in [3.63, 3.8) is 0 Å². The van der Waals surface area contributed by atoms with E-state index in [1.165, 1.54) is 36.4 Å². The average molecular weight is 348 g/mol. The van der Waals surface area contributed by atoms with Crippen LogP contribution in [-0.4, -0.2) is 5.11 Å². The van der Waals surface area contributed by atoms with Crippen LogP contribution in [0.1, 0.15) is 17.2 Å². The molecular weight excluding hydrogens is 338 g/mol. The van der Waals surface area contributed by atoms with Crippen molar-refractivity contribution in [3.8, 4) is 0 Å². The van der Waals surface area contributed by atoms with E-state index in [1.807, 2.05) is 0 Å². The van der Waals surface area contributed by atoms with Crippen LogP contribution in [-0.2, 0) is 6.42 Å². The SMILES string of the molecule is OC(Cc1cc(Cl)ccc1F)c1ccc(F)cc1Br. The molecule has 0 saturated heterocycles. The van der Waals surface area contributed by atoms with Gasteiger partial charge >= 0.3 is 0 Å². The van der Waals surface area contributed by atoms with Crippen LogP contribution in [0, 0.1) is 11.6 Å². The van der Waals surface area contributed by atoms with E-state index in [9.17, 15) is 13.9 Å². The largest absolute Gasteiger partial charge is 0.388 e. The molecule has 0 heterocycles. The molecule has 0 aliphatic rings. The summed E-state index contributed by atoms with van der Waals surface area (Å²) in [5.74, 6) is -0.835. The predicted molar refractivity (Wildman–Crippen MR) is 74.2 cm³/mol. The lowest BCUT2D eigenvalue weighted by Gasteiger charge is -2.13. The van der Waals surface area contributed by atoms with Gasteiger partial charge in [0.2, 0.25) is 0 Å². The summed E-state index contributed by atoms with van der Waals surface area (Å²) in [5.41, 5.74) is 0.817. The van der Waals surface area contributed by atoms with E-state index < -0.39 is 17.7 Å². The van der Waals surface area contributed by atoms with Gasteiger partial charge in [-0.25, -0.2) is 8.78 Å². The van der Waals surface area contributed by atoms with Crippen molar-refractivity contribution in [1.29, 1.82) is 0 Å². The maximum atomic E-state index is 13.6. The van der Waals surface area contributed by atoms with E-state index in [0.29, 0.717) is 20.6 Å². The van der Waals surface area contributed by atoms with Gasteiger partial charge in [-0.05, 0) is 41.5 Å². The molecule has 1 N–H and O–H groups in total. The van der Waals surface area contributed by atoms with Gasteiger partial charge in [-0.15, -0.1) is 0 Å². The zero-order valence-electron chi connectivity index (χ0n) is 9.71. The van der Waals surface area contributed by atoms with Gasteiger partial charge in [-0.1, -0.05) is 33.6 Å². The van der Waals surface area contributed by atoms with Crippen LogP contribution in [0.4, 0.5) is 8.78 Å². The Morgan fingerprint density at radius 3 is 2.58 bits per heavy atom. The first-order chi connectivity index (χ1) is 8.97. The molecule has 2 rings (SSSR count). The zero-order chi connectivity index (χ0) is 14.0. The zero-order valence-corrected chi connectivity index (χ0v) is 12.0. The minimum absolute atomic E-state index is 0.0661. The second kappa shape index (κ2) is 5.99. The molecule has 0 amide bonds. The van der Waals surface area contributed by atoms with Crippen LogP contribution < -0.4 is 0 Å². The molecule has 5 heteroatoms. The van der Waals surface area contributed by atoms with E-state index in [4.69, 9.17) is 11.6 Å². The van der Waals surface area contributed by atoms with Crippen molar-refractivity contribution >= 4 is 27.5 Å². The number of hydrogen-bond donors (Lipinski definition) is 1. The number of rotatable bonds is 3. The second-order valence-electron chi connectivity index (χ2n) is 4.12. The lowest BCUT2D eigenvalue weighted by molar-refractivity contribution is 0.176. The van der Waals surface area contributed by atoms with Crippen molar-refractivity contribution in [2.75, 3.05) is 0 Å². The third-order valence-electron chi connectivity index (χ3n) is 2.74. The lowest BCUT2D eigenvalue weighted by atomic mass is 10.0. The Bertz CT molecular complexity index is 604. The van der Waals surface area contributed by atoms with Gasteiger partial charge in [-0.2, -0.15) is 0 Å². The molecule has 0 spiro atoms. The quantitative estimate of drug-likeness (QED) is 0.856. The second-order valence-corrected chi connectivity index (χ2v) is 5.41. The monoisotopic (exact) mass is 346 g/mol. The average Bonchev–Trinajstić information content (AvgIpc) is 2.33. The van der Waals surface area contributed by atoms with E-state index >= 15 is 0 Å². The molecule has 2 aromatic rings. The summed E-state index contributed by atoms with van der Waals surface area (Å²) in [6.45, 7) is 0. The normalized spacial score (nSPS) is 12.5. The summed E-state index contributed by atoms with van der Waals surface area (Å²) in [6.07, 6.45) is -0.876. The Hall–Kier alpha value is -0.970. The number of benzene rings is 2. The van der Waals surface area contributed by atoms with Gasteiger partial charge in [0.1, 0.15) is 11.6 Å². The number of halogens is 4. The molecule has 1 atom stereocenters. The molecule has 2 aromatic carbocycles. The summed E-state index contributed by atoms with van der Waals surface area (Å²) in [4.78, 5) is 0. The maximum absolute atomic E-state index is 13.6. The van der Waals surface area contributed by atoms with E-state index in [-0.39, 0.29) is 6.42 Å². The fourth-order valence-electron chi connectivity index (χ4n) is 1.79. The van der Waals surface area contributed by atoms with Gasteiger partial charge in [0, 0.05) is 15.9 Å². The highest BCUT2D eigenvalue weighted by molar-refractivity contribution is 9.10. The molecule has 1 unspecified atom stereocenters. The van der Waals surface area contributed by atoms with Crippen LogP contribution in [0.3, 0.4) is 0 Å². The first kappa shape index (κ1) is 14.4. The summed E-state index contributed by atoms with van der Waals surface area (Å²) in [7, 11) is 0. The van der Waals surface area contributed by atoms with Crippen LogP contribution in [0.5, 0.6) is 0 Å². The Morgan fingerprint density at radius 2 is 1.89 bits per heavy atom. The molecule has 0 radical (unpaired) electrons. The molecule has 0 aliphatic carbocycles. The minimum Gasteiger partial charge on any atom is -0.388 e. The van der Waals surface area contributed by atoms with Crippen molar-refractivity contribution in [3.05, 3.63) is 68.7 Å². The highest BCUT2D eigenvalue weighted by Gasteiger charge is 2.15. The van der Waals surface area contributed by atoms with Gasteiger partial charge in [-0.3, -0.25) is 0 Å².